The van der Waals surface area contributed by atoms with Gasteiger partial charge in [0.1, 0.15) is 24.2 Å². The largest absolute Gasteiger partial charge is 0.488 e. The summed E-state index contributed by atoms with van der Waals surface area (Å²) in [5.74, 6) is 0.127. The lowest BCUT2D eigenvalue weighted by Gasteiger charge is -2.22. The average molecular weight is 178 g/mol. The van der Waals surface area contributed by atoms with Crippen molar-refractivity contribution in [2.45, 2.75) is 6.04 Å². The Balaban J connectivity index is 2.32. The molecule has 0 bridgehead atoms. The minimum Gasteiger partial charge on any atom is -0.488 e. The predicted octanol–water partition coefficient (Wildman–Crippen LogP) is 1.52. The molecule has 0 saturated heterocycles. The first-order valence-electron chi connectivity index (χ1n) is 3.88. The van der Waals surface area contributed by atoms with Crippen molar-refractivity contribution in [3.8, 4) is 11.8 Å². The second-order valence-corrected chi connectivity index (χ2v) is 2.78. The Morgan fingerprint density at radius 1 is 1.62 bits per heavy atom. The number of benzene rings is 1. The van der Waals surface area contributed by atoms with Crippen molar-refractivity contribution in [1.82, 2.24) is 0 Å². The zero-order chi connectivity index (χ0) is 9.26. The zero-order valence-corrected chi connectivity index (χ0v) is 6.75. The molecule has 1 aromatic carbocycles. The maximum absolute atomic E-state index is 12.7. The van der Waals surface area contributed by atoms with Crippen LogP contribution in [0.1, 0.15) is 0 Å². The standard InChI is InChI=1S/C9H7FN2O/c10-6-1-2-8-9(3-6)13-5-7(4-11)12-8/h1-3,7,12H,5H2. The number of ether oxygens (including phenoxy) is 1. The van der Waals surface area contributed by atoms with Crippen molar-refractivity contribution in [2.75, 3.05) is 11.9 Å². The molecule has 2 rings (SSSR count). The van der Waals surface area contributed by atoms with E-state index < -0.39 is 0 Å². The van der Waals surface area contributed by atoms with Crippen molar-refractivity contribution in [2.24, 2.45) is 0 Å². The Kier molecular flexibility index (Phi) is 1.78. The second kappa shape index (κ2) is 2.94. The smallest absolute Gasteiger partial charge is 0.149 e. The van der Waals surface area contributed by atoms with E-state index in [1.807, 2.05) is 6.07 Å². The molecule has 0 fully saturated rings. The van der Waals surface area contributed by atoms with E-state index in [0.29, 0.717) is 11.4 Å². The lowest BCUT2D eigenvalue weighted by atomic mass is 10.2. The van der Waals surface area contributed by atoms with Crippen molar-refractivity contribution < 1.29 is 9.13 Å². The Bertz CT molecular complexity index is 372. The quantitative estimate of drug-likeness (QED) is 0.655. The number of anilines is 1. The van der Waals surface area contributed by atoms with Gasteiger partial charge in [-0.2, -0.15) is 5.26 Å². The summed E-state index contributed by atoms with van der Waals surface area (Å²) in [6.07, 6.45) is 0. The van der Waals surface area contributed by atoms with Crippen LogP contribution in [0.15, 0.2) is 18.2 Å². The highest BCUT2D eigenvalue weighted by atomic mass is 19.1. The summed E-state index contributed by atoms with van der Waals surface area (Å²) in [5, 5.41) is 11.5. The van der Waals surface area contributed by atoms with Crippen LogP contribution in [0.2, 0.25) is 0 Å². The molecule has 0 aromatic heterocycles. The summed E-state index contributed by atoms with van der Waals surface area (Å²) < 4.78 is 17.9. The molecule has 4 heteroatoms. The highest BCUT2D eigenvalue weighted by Gasteiger charge is 2.17. The van der Waals surface area contributed by atoms with Gasteiger partial charge >= 0.3 is 0 Å². The molecule has 0 spiro atoms. The van der Waals surface area contributed by atoms with E-state index in [9.17, 15) is 4.39 Å². The van der Waals surface area contributed by atoms with Gasteiger partial charge in [-0.15, -0.1) is 0 Å². The second-order valence-electron chi connectivity index (χ2n) is 2.78. The highest BCUT2D eigenvalue weighted by molar-refractivity contribution is 5.59. The number of nitriles is 1. The van der Waals surface area contributed by atoms with Gasteiger partial charge in [-0.3, -0.25) is 0 Å². The summed E-state index contributed by atoms with van der Waals surface area (Å²) >= 11 is 0. The van der Waals surface area contributed by atoms with Crippen molar-refractivity contribution in [3.63, 3.8) is 0 Å². The van der Waals surface area contributed by atoms with E-state index in [2.05, 4.69) is 5.32 Å². The van der Waals surface area contributed by atoms with Crippen LogP contribution < -0.4 is 10.1 Å². The van der Waals surface area contributed by atoms with Crippen LogP contribution in [-0.2, 0) is 0 Å². The number of halogens is 1. The number of hydrogen-bond acceptors (Lipinski definition) is 3. The number of rotatable bonds is 0. The van der Waals surface area contributed by atoms with Crippen LogP contribution in [0, 0.1) is 17.1 Å². The molecular formula is C9H7FN2O. The third-order valence-electron chi connectivity index (χ3n) is 1.83. The Morgan fingerprint density at radius 3 is 3.23 bits per heavy atom. The molecule has 66 valence electrons. The highest BCUT2D eigenvalue weighted by Crippen LogP contribution is 2.28. The van der Waals surface area contributed by atoms with Crippen LogP contribution in [0.5, 0.6) is 5.75 Å². The van der Waals surface area contributed by atoms with Crippen LogP contribution >= 0.6 is 0 Å². The molecule has 3 nitrogen and oxygen atoms in total. The third kappa shape index (κ3) is 1.41. The molecule has 0 aliphatic carbocycles. The number of nitrogens with one attached hydrogen (secondary N) is 1. The van der Waals surface area contributed by atoms with E-state index in [1.165, 1.54) is 12.1 Å². The topological polar surface area (TPSA) is 45.0 Å². The number of nitrogens with zero attached hydrogens (tertiary/aromatic N) is 1. The molecule has 1 N–H and O–H groups in total. The molecular weight excluding hydrogens is 171 g/mol. The normalized spacial score (nSPS) is 19.2. The zero-order valence-electron chi connectivity index (χ0n) is 6.75. The number of hydrogen-bond donors (Lipinski definition) is 1. The van der Waals surface area contributed by atoms with Gasteiger partial charge in [-0.25, -0.2) is 4.39 Å². The van der Waals surface area contributed by atoms with Crippen LogP contribution in [-0.4, -0.2) is 12.6 Å². The maximum atomic E-state index is 12.7. The summed E-state index contributed by atoms with van der Waals surface area (Å²) in [7, 11) is 0. The van der Waals surface area contributed by atoms with Crippen LogP contribution in [0.25, 0.3) is 0 Å². The molecule has 1 aromatic rings. The fourth-order valence-electron chi connectivity index (χ4n) is 1.21. The van der Waals surface area contributed by atoms with Crippen LogP contribution in [0.3, 0.4) is 0 Å². The maximum Gasteiger partial charge on any atom is 0.149 e. The van der Waals surface area contributed by atoms with Crippen molar-refractivity contribution in [3.05, 3.63) is 24.0 Å². The van der Waals surface area contributed by atoms with Gasteiger partial charge in [0.25, 0.3) is 0 Å². The fraction of sp³-hybridized carbons (Fsp3) is 0.222. The van der Waals surface area contributed by atoms with Crippen molar-refractivity contribution >= 4 is 5.69 Å². The lowest BCUT2D eigenvalue weighted by Crippen LogP contribution is -2.29. The summed E-state index contributed by atoms with van der Waals surface area (Å²) in [5.41, 5.74) is 0.666. The molecule has 0 amide bonds. The average Bonchev–Trinajstić information content (AvgIpc) is 2.17. The Labute approximate surface area is 74.7 Å². The molecule has 0 radical (unpaired) electrons. The van der Waals surface area contributed by atoms with Gasteiger partial charge in [0.2, 0.25) is 0 Å². The van der Waals surface area contributed by atoms with Gasteiger partial charge in [0, 0.05) is 6.07 Å². The number of fused-ring (bicyclic) bond motifs is 1. The summed E-state index contributed by atoms with van der Waals surface area (Å²) in [4.78, 5) is 0. The van der Waals surface area contributed by atoms with E-state index in [1.54, 1.807) is 6.07 Å². The van der Waals surface area contributed by atoms with Gasteiger partial charge in [-0.1, -0.05) is 0 Å². The first-order valence-corrected chi connectivity index (χ1v) is 3.88. The van der Waals surface area contributed by atoms with E-state index in [4.69, 9.17) is 10.00 Å². The summed E-state index contributed by atoms with van der Waals surface area (Å²) in [6.45, 7) is 0.257. The van der Waals surface area contributed by atoms with Crippen LogP contribution in [0.4, 0.5) is 10.1 Å². The Hall–Kier alpha value is -1.76. The Morgan fingerprint density at radius 2 is 2.46 bits per heavy atom. The first-order chi connectivity index (χ1) is 6.29. The molecule has 1 unspecified atom stereocenters. The minimum atomic E-state index is -0.349. The fourth-order valence-corrected chi connectivity index (χ4v) is 1.21. The lowest BCUT2D eigenvalue weighted by molar-refractivity contribution is 0.302. The molecule has 1 heterocycles. The molecule has 0 saturated carbocycles. The van der Waals surface area contributed by atoms with Gasteiger partial charge < -0.3 is 10.1 Å². The third-order valence-corrected chi connectivity index (χ3v) is 1.83. The van der Waals surface area contributed by atoms with Gasteiger partial charge in [0.15, 0.2) is 0 Å². The molecule has 1 aliphatic heterocycles. The predicted molar refractivity (Wildman–Crippen MR) is 44.9 cm³/mol. The first kappa shape index (κ1) is 7.87. The van der Waals surface area contributed by atoms with E-state index in [0.717, 1.165) is 0 Å². The monoisotopic (exact) mass is 178 g/mol. The molecule has 1 atom stereocenters. The SMILES string of the molecule is N#CC1COc2cc(F)ccc2N1. The minimum absolute atomic E-state index is 0.257. The van der Waals surface area contributed by atoms with Crippen molar-refractivity contribution in [1.29, 1.82) is 5.26 Å². The molecule has 1 aliphatic rings. The van der Waals surface area contributed by atoms with Gasteiger partial charge in [-0.05, 0) is 12.1 Å². The van der Waals surface area contributed by atoms with E-state index >= 15 is 0 Å². The van der Waals surface area contributed by atoms with E-state index in [-0.39, 0.29) is 18.5 Å². The molecule has 13 heavy (non-hydrogen) atoms. The van der Waals surface area contributed by atoms with Gasteiger partial charge in [0.05, 0.1) is 11.8 Å². The summed E-state index contributed by atoms with van der Waals surface area (Å²) in [6, 6.07) is 5.87.